The minimum Gasteiger partial charge on any atom is -0.490 e. The SMILES string of the molecule is Cc1ccc(F)c(OCCN=[N+]=[N-])c1. The van der Waals surface area contributed by atoms with Gasteiger partial charge in [0, 0.05) is 4.91 Å². The molecule has 14 heavy (non-hydrogen) atoms. The summed E-state index contributed by atoms with van der Waals surface area (Å²) in [6, 6.07) is 4.61. The van der Waals surface area contributed by atoms with Crippen molar-refractivity contribution in [3.8, 4) is 5.75 Å². The van der Waals surface area contributed by atoms with Crippen molar-refractivity contribution < 1.29 is 9.13 Å². The van der Waals surface area contributed by atoms with Crippen LogP contribution in [-0.4, -0.2) is 13.2 Å². The highest BCUT2D eigenvalue weighted by Gasteiger charge is 2.01. The fraction of sp³-hybridized carbons (Fsp3) is 0.333. The third-order valence-electron chi connectivity index (χ3n) is 1.60. The molecule has 0 amide bonds. The van der Waals surface area contributed by atoms with E-state index in [2.05, 4.69) is 10.0 Å². The summed E-state index contributed by atoms with van der Waals surface area (Å²) in [5.41, 5.74) is 8.91. The molecule has 5 heteroatoms. The quantitative estimate of drug-likeness (QED) is 0.315. The number of benzene rings is 1. The highest BCUT2D eigenvalue weighted by Crippen LogP contribution is 2.17. The van der Waals surface area contributed by atoms with E-state index in [0.717, 1.165) is 5.56 Å². The highest BCUT2D eigenvalue weighted by atomic mass is 19.1. The molecule has 0 spiro atoms. The topological polar surface area (TPSA) is 58.0 Å². The molecular formula is C9H10FN3O. The van der Waals surface area contributed by atoms with Crippen molar-refractivity contribution in [2.24, 2.45) is 5.11 Å². The predicted molar refractivity (Wildman–Crippen MR) is 50.6 cm³/mol. The molecule has 0 aromatic heterocycles. The number of azide groups is 1. The van der Waals surface area contributed by atoms with Crippen LogP contribution in [0.5, 0.6) is 5.75 Å². The summed E-state index contributed by atoms with van der Waals surface area (Å²) in [6.07, 6.45) is 0. The molecule has 1 aromatic carbocycles. The van der Waals surface area contributed by atoms with E-state index in [1.165, 1.54) is 6.07 Å². The van der Waals surface area contributed by atoms with Crippen molar-refractivity contribution in [1.82, 2.24) is 0 Å². The van der Waals surface area contributed by atoms with Crippen LogP contribution >= 0.6 is 0 Å². The number of hydrogen-bond acceptors (Lipinski definition) is 2. The van der Waals surface area contributed by atoms with Gasteiger partial charge in [-0.1, -0.05) is 11.2 Å². The summed E-state index contributed by atoms with van der Waals surface area (Å²) >= 11 is 0. The van der Waals surface area contributed by atoms with Crippen molar-refractivity contribution in [2.75, 3.05) is 13.2 Å². The highest BCUT2D eigenvalue weighted by molar-refractivity contribution is 5.29. The van der Waals surface area contributed by atoms with Crippen LogP contribution in [0.2, 0.25) is 0 Å². The number of rotatable bonds is 4. The Morgan fingerprint density at radius 1 is 1.57 bits per heavy atom. The Bertz CT molecular complexity index is 361. The molecule has 74 valence electrons. The number of aryl methyl sites for hydroxylation is 1. The third kappa shape index (κ3) is 2.95. The van der Waals surface area contributed by atoms with Crippen LogP contribution in [0, 0.1) is 12.7 Å². The largest absolute Gasteiger partial charge is 0.490 e. The summed E-state index contributed by atoms with van der Waals surface area (Å²) in [5, 5.41) is 3.27. The minimum absolute atomic E-state index is 0.185. The van der Waals surface area contributed by atoms with Crippen molar-refractivity contribution in [2.45, 2.75) is 6.92 Å². The van der Waals surface area contributed by atoms with E-state index in [1.807, 2.05) is 6.92 Å². The number of hydrogen-bond donors (Lipinski definition) is 0. The average molecular weight is 195 g/mol. The molecule has 0 saturated heterocycles. The first kappa shape index (κ1) is 10.3. The molecular weight excluding hydrogens is 185 g/mol. The first-order valence-corrected chi connectivity index (χ1v) is 4.14. The Hall–Kier alpha value is -1.74. The van der Waals surface area contributed by atoms with Gasteiger partial charge >= 0.3 is 0 Å². The predicted octanol–water partition coefficient (Wildman–Crippen LogP) is 2.82. The summed E-state index contributed by atoms with van der Waals surface area (Å²) in [4.78, 5) is 2.56. The fourth-order valence-corrected chi connectivity index (χ4v) is 0.962. The maximum absolute atomic E-state index is 13.1. The van der Waals surface area contributed by atoms with E-state index in [0.29, 0.717) is 0 Å². The van der Waals surface area contributed by atoms with Crippen LogP contribution in [0.3, 0.4) is 0 Å². The lowest BCUT2D eigenvalue weighted by molar-refractivity contribution is 0.311. The van der Waals surface area contributed by atoms with Gasteiger partial charge in [-0.15, -0.1) is 0 Å². The lowest BCUT2D eigenvalue weighted by Crippen LogP contribution is -2.02. The van der Waals surface area contributed by atoms with E-state index < -0.39 is 5.82 Å². The molecule has 4 nitrogen and oxygen atoms in total. The Labute approximate surface area is 80.9 Å². The maximum atomic E-state index is 13.1. The first-order valence-electron chi connectivity index (χ1n) is 4.14. The molecule has 0 aliphatic heterocycles. The lowest BCUT2D eigenvalue weighted by atomic mass is 10.2. The number of ether oxygens (including phenoxy) is 1. The summed E-state index contributed by atoms with van der Waals surface area (Å²) in [5.74, 6) is -0.213. The second kappa shape index (κ2) is 5.09. The molecule has 0 saturated carbocycles. The third-order valence-corrected chi connectivity index (χ3v) is 1.60. The van der Waals surface area contributed by atoms with Crippen molar-refractivity contribution >= 4 is 0 Å². The van der Waals surface area contributed by atoms with Gasteiger partial charge in [0.15, 0.2) is 11.6 Å². The Morgan fingerprint density at radius 3 is 3.07 bits per heavy atom. The second-order valence-electron chi connectivity index (χ2n) is 2.74. The van der Waals surface area contributed by atoms with Gasteiger partial charge in [0.05, 0.1) is 13.2 Å². The molecule has 0 N–H and O–H groups in total. The molecule has 1 rings (SSSR count). The zero-order valence-corrected chi connectivity index (χ0v) is 7.77. The molecule has 0 aliphatic carbocycles. The Balaban J connectivity index is 2.57. The molecule has 0 aliphatic rings. The van der Waals surface area contributed by atoms with Crippen molar-refractivity contribution in [3.05, 3.63) is 40.0 Å². The molecule has 0 atom stereocenters. The first-order chi connectivity index (χ1) is 6.74. The Kier molecular flexibility index (Phi) is 3.76. The van der Waals surface area contributed by atoms with Crippen LogP contribution < -0.4 is 4.74 Å². The van der Waals surface area contributed by atoms with Gasteiger partial charge in [-0.05, 0) is 30.2 Å². The maximum Gasteiger partial charge on any atom is 0.165 e. The molecule has 0 fully saturated rings. The lowest BCUT2D eigenvalue weighted by Gasteiger charge is -2.05. The van der Waals surface area contributed by atoms with Crippen LogP contribution in [0.4, 0.5) is 4.39 Å². The van der Waals surface area contributed by atoms with Gasteiger partial charge < -0.3 is 4.74 Å². The van der Waals surface area contributed by atoms with Gasteiger partial charge in [0.1, 0.15) is 0 Å². The molecule has 0 unspecified atom stereocenters. The zero-order chi connectivity index (χ0) is 10.4. The van der Waals surface area contributed by atoms with E-state index in [1.54, 1.807) is 12.1 Å². The van der Waals surface area contributed by atoms with Gasteiger partial charge in [-0.2, -0.15) is 0 Å². The van der Waals surface area contributed by atoms with Crippen molar-refractivity contribution in [3.63, 3.8) is 0 Å². The monoisotopic (exact) mass is 195 g/mol. The summed E-state index contributed by atoms with van der Waals surface area (Å²) < 4.78 is 18.1. The van der Waals surface area contributed by atoms with E-state index in [-0.39, 0.29) is 18.9 Å². The minimum atomic E-state index is -0.406. The Morgan fingerprint density at radius 2 is 2.36 bits per heavy atom. The summed E-state index contributed by atoms with van der Waals surface area (Å²) in [6.45, 7) is 2.23. The smallest absolute Gasteiger partial charge is 0.165 e. The van der Waals surface area contributed by atoms with Crippen molar-refractivity contribution in [1.29, 1.82) is 0 Å². The number of nitrogens with zero attached hydrogens (tertiary/aromatic N) is 3. The molecule has 0 heterocycles. The van der Waals surface area contributed by atoms with E-state index >= 15 is 0 Å². The normalized spacial score (nSPS) is 9.29. The zero-order valence-electron chi connectivity index (χ0n) is 7.77. The van der Waals surface area contributed by atoms with Crippen LogP contribution in [-0.2, 0) is 0 Å². The van der Waals surface area contributed by atoms with Gasteiger partial charge in [-0.25, -0.2) is 4.39 Å². The van der Waals surface area contributed by atoms with Crippen LogP contribution in [0.15, 0.2) is 23.3 Å². The van der Waals surface area contributed by atoms with E-state index in [4.69, 9.17) is 10.3 Å². The van der Waals surface area contributed by atoms with Gasteiger partial charge in [-0.3, -0.25) is 0 Å². The molecule has 1 aromatic rings. The van der Waals surface area contributed by atoms with Gasteiger partial charge in [0.2, 0.25) is 0 Å². The number of halogens is 1. The van der Waals surface area contributed by atoms with Gasteiger partial charge in [0.25, 0.3) is 0 Å². The van der Waals surface area contributed by atoms with E-state index in [9.17, 15) is 4.39 Å². The molecule has 0 radical (unpaired) electrons. The second-order valence-corrected chi connectivity index (χ2v) is 2.74. The van der Waals surface area contributed by atoms with Crippen LogP contribution in [0.25, 0.3) is 10.4 Å². The average Bonchev–Trinajstić information content (AvgIpc) is 2.18. The fourth-order valence-electron chi connectivity index (χ4n) is 0.962. The van der Waals surface area contributed by atoms with Crippen LogP contribution in [0.1, 0.15) is 5.56 Å². The summed E-state index contributed by atoms with van der Waals surface area (Å²) in [7, 11) is 0. The standard InChI is InChI=1S/C9H10FN3O/c1-7-2-3-8(10)9(6-7)14-5-4-12-13-11/h2-3,6H,4-5H2,1H3. The molecule has 0 bridgehead atoms.